The molecule has 4 nitrogen and oxygen atoms in total. The SMILES string of the molecule is CCc1c(C)c2ccc(NC(=O)C3CCCCC3)cc2[nH]c1=O. The second-order valence-electron chi connectivity index (χ2n) is 6.50. The largest absolute Gasteiger partial charge is 0.326 e. The minimum atomic E-state index is -0.0340. The predicted molar refractivity (Wildman–Crippen MR) is 93.9 cm³/mol. The first-order valence-corrected chi connectivity index (χ1v) is 8.56. The number of amides is 1. The lowest BCUT2D eigenvalue weighted by molar-refractivity contribution is -0.120. The van der Waals surface area contributed by atoms with Crippen molar-refractivity contribution in [1.29, 1.82) is 0 Å². The normalized spacial score (nSPS) is 15.7. The van der Waals surface area contributed by atoms with Crippen LogP contribution >= 0.6 is 0 Å². The summed E-state index contributed by atoms with van der Waals surface area (Å²) < 4.78 is 0. The molecule has 0 aliphatic heterocycles. The van der Waals surface area contributed by atoms with Crippen molar-refractivity contribution in [2.45, 2.75) is 52.4 Å². The van der Waals surface area contributed by atoms with Gasteiger partial charge in [-0.1, -0.05) is 32.3 Å². The van der Waals surface area contributed by atoms with Gasteiger partial charge >= 0.3 is 0 Å². The highest BCUT2D eigenvalue weighted by Crippen LogP contribution is 2.26. The number of carbonyl (C=O) groups excluding carboxylic acids is 1. The van der Waals surface area contributed by atoms with Crippen LogP contribution in [0.4, 0.5) is 5.69 Å². The first kappa shape index (κ1) is 15.8. The highest BCUT2D eigenvalue weighted by molar-refractivity contribution is 5.95. The molecule has 4 heteroatoms. The fourth-order valence-electron chi connectivity index (χ4n) is 3.62. The zero-order valence-electron chi connectivity index (χ0n) is 13.9. The molecule has 1 aromatic carbocycles. The van der Waals surface area contributed by atoms with E-state index in [1.807, 2.05) is 32.0 Å². The average molecular weight is 312 g/mol. The van der Waals surface area contributed by atoms with E-state index in [1.54, 1.807) is 0 Å². The molecule has 0 saturated heterocycles. The smallest absolute Gasteiger partial charge is 0.251 e. The van der Waals surface area contributed by atoms with Crippen LogP contribution in [0.2, 0.25) is 0 Å². The first-order chi connectivity index (χ1) is 11.1. The highest BCUT2D eigenvalue weighted by Gasteiger charge is 2.21. The minimum absolute atomic E-state index is 0.0340. The molecule has 0 atom stereocenters. The second-order valence-corrected chi connectivity index (χ2v) is 6.50. The molecule has 1 saturated carbocycles. The van der Waals surface area contributed by atoms with Crippen molar-refractivity contribution < 1.29 is 4.79 Å². The van der Waals surface area contributed by atoms with Crippen molar-refractivity contribution in [3.63, 3.8) is 0 Å². The summed E-state index contributed by atoms with van der Waals surface area (Å²) in [5, 5.41) is 4.05. The molecule has 1 fully saturated rings. The van der Waals surface area contributed by atoms with E-state index in [1.165, 1.54) is 6.42 Å². The lowest BCUT2D eigenvalue weighted by atomic mass is 9.88. The van der Waals surface area contributed by atoms with Crippen LogP contribution in [0, 0.1) is 12.8 Å². The fraction of sp³-hybridized carbons (Fsp3) is 0.474. The van der Waals surface area contributed by atoms with Gasteiger partial charge in [-0.25, -0.2) is 0 Å². The number of pyridine rings is 1. The molecule has 1 aliphatic rings. The number of aromatic amines is 1. The number of benzene rings is 1. The van der Waals surface area contributed by atoms with Crippen LogP contribution in [0.25, 0.3) is 10.9 Å². The van der Waals surface area contributed by atoms with Gasteiger partial charge in [0.15, 0.2) is 0 Å². The molecule has 122 valence electrons. The van der Waals surface area contributed by atoms with Crippen molar-refractivity contribution >= 4 is 22.5 Å². The number of nitrogens with one attached hydrogen (secondary N) is 2. The van der Waals surface area contributed by atoms with E-state index in [0.29, 0.717) is 0 Å². The number of H-pyrrole nitrogens is 1. The molecule has 0 spiro atoms. The Bertz CT molecular complexity index is 786. The van der Waals surface area contributed by atoms with Crippen LogP contribution in [0.1, 0.15) is 50.2 Å². The van der Waals surface area contributed by atoms with Gasteiger partial charge in [0.05, 0.1) is 5.52 Å². The topological polar surface area (TPSA) is 62.0 Å². The van der Waals surface area contributed by atoms with Gasteiger partial charge in [-0.05, 0) is 43.9 Å². The molecule has 0 bridgehead atoms. The molecular formula is C19H24N2O2. The Morgan fingerprint density at radius 3 is 2.70 bits per heavy atom. The third kappa shape index (κ3) is 3.16. The summed E-state index contributed by atoms with van der Waals surface area (Å²) in [4.78, 5) is 27.4. The summed E-state index contributed by atoms with van der Waals surface area (Å²) in [5.74, 6) is 0.232. The zero-order valence-corrected chi connectivity index (χ0v) is 13.9. The van der Waals surface area contributed by atoms with Crippen LogP contribution in [-0.2, 0) is 11.2 Å². The molecule has 1 heterocycles. The Morgan fingerprint density at radius 2 is 2.00 bits per heavy atom. The van der Waals surface area contributed by atoms with Crippen molar-refractivity contribution in [2.24, 2.45) is 5.92 Å². The Morgan fingerprint density at radius 1 is 1.26 bits per heavy atom. The van der Waals surface area contributed by atoms with Gasteiger partial charge in [0.25, 0.3) is 5.56 Å². The number of aryl methyl sites for hydroxylation is 1. The molecule has 2 aromatic rings. The van der Waals surface area contributed by atoms with Crippen LogP contribution in [0.15, 0.2) is 23.0 Å². The van der Waals surface area contributed by atoms with E-state index < -0.39 is 0 Å². The van der Waals surface area contributed by atoms with E-state index in [2.05, 4.69) is 10.3 Å². The highest BCUT2D eigenvalue weighted by atomic mass is 16.2. The molecule has 23 heavy (non-hydrogen) atoms. The molecular weight excluding hydrogens is 288 g/mol. The van der Waals surface area contributed by atoms with E-state index in [9.17, 15) is 9.59 Å². The summed E-state index contributed by atoms with van der Waals surface area (Å²) in [6, 6.07) is 5.77. The average Bonchev–Trinajstić information content (AvgIpc) is 2.55. The third-order valence-electron chi connectivity index (χ3n) is 5.00. The number of aromatic nitrogens is 1. The van der Waals surface area contributed by atoms with Crippen molar-refractivity contribution in [3.8, 4) is 0 Å². The van der Waals surface area contributed by atoms with Gasteiger partial charge in [0, 0.05) is 22.6 Å². The van der Waals surface area contributed by atoms with E-state index in [4.69, 9.17) is 0 Å². The van der Waals surface area contributed by atoms with Crippen molar-refractivity contribution in [3.05, 3.63) is 39.7 Å². The van der Waals surface area contributed by atoms with Crippen LogP contribution < -0.4 is 10.9 Å². The molecule has 0 unspecified atom stereocenters. The first-order valence-electron chi connectivity index (χ1n) is 8.56. The van der Waals surface area contributed by atoms with E-state index >= 15 is 0 Å². The summed E-state index contributed by atoms with van der Waals surface area (Å²) in [5.41, 5.74) is 3.36. The maximum Gasteiger partial charge on any atom is 0.251 e. The lowest BCUT2D eigenvalue weighted by Gasteiger charge is -2.20. The monoisotopic (exact) mass is 312 g/mol. The van der Waals surface area contributed by atoms with Gasteiger partial charge in [0.2, 0.25) is 5.91 Å². The summed E-state index contributed by atoms with van der Waals surface area (Å²) >= 11 is 0. The fourth-order valence-corrected chi connectivity index (χ4v) is 3.62. The number of rotatable bonds is 3. The van der Waals surface area contributed by atoms with Crippen LogP contribution in [0.3, 0.4) is 0 Å². The molecule has 2 N–H and O–H groups in total. The lowest BCUT2D eigenvalue weighted by Crippen LogP contribution is -2.24. The van der Waals surface area contributed by atoms with Crippen molar-refractivity contribution in [2.75, 3.05) is 5.32 Å². The number of hydrogen-bond acceptors (Lipinski definition) is 2. The molecule has 1 aliphatic carbocycles. The Kier molecular flexibility index (Phi) is 4.51. The Labute approximate surface area is 136 Å². The summed E-state index contributed by atoms with van der Waals surface area (Å²) in [6.45, 7) is 3.97. The minimum Gasteiger partial charge on any atom is -0.326 e. The second kappa shape index (κ2) is 6.57. The number of carbonyl (C=O) groups is 1. The van der Waals surface area contributed by atoms with Crippen LogP contribution in [-0.4, -0.2) is 10.9 Å². The van der Waals surface area contributed by atoms with Gasteiger partial charge in [-0.2, -0.15) is 0 Å². The molecule has 1 amide bonds. The van der Waals surface area contributed by atoms with Gasteiger partial charge < -0.3 is 10.3 Å². The standard InChI is InChI=1S/C19H24N2O2/c1-3-15-12(2)16-10-9-14(11-17(16)21-19(15)23)20-18(22)13-7-5-4-6-8-13/h9-11,13H,3-8H2,1-2H3,(H,20,22)(H,21,23). The molecule has 1 aromatic heterocycles. The Balaban J connectivity index is 1.88. The Hall–Kier alpha value is -2.10. The quantitative estimate of drug-likeness (QED) is 0.902. The zero-order chi connectivity index (χ0) is 16.4. The van der Waals surface area contributed by atoms with Gasteiger partial charge in [-0.15, -0.1) is 0 Å². The molecule has 3 rings (SSSR count). The van der Waals surface area contributed by atoms with Crippen molar-refractivity contribution in [1.82, 2.24) is 4.98 Å². The maximum atomic E-state index is 12.4. The van der Waals surface area contributed by atoms with Crippen LogP contribution in [0.5, 0.6) is 0 Å². The van der Waals surface area contributed by atoms with E-state index in [0.717, 1.165) is 59.8 Å². The van der Waals surface area contributed by atoms with Gasteiger partial charge in [-0.3, -0.25) is 9.59 Å². The predicted octanol–water partition coefficient (Wildman–Crippen LogP) is 3.92. The number of fused-ring (bicyclic) bond motifs is 1. The molecule has 0 radical (unpaired) electrons. The van der Waals surface area contributed by atoms with E-state index in [-0.39, 0.29) is 17.4 Å². The number of hydrogen-bond donors (Lipinski definition) is 2. The third-order valence-corrected chi connectivity index (χ3v) is 5.00. The summed E-state index contributed by atoms with van der Waals surface area (Å²) in [6.07, 6.45) is 6.20. The van der Waals surface area contributed by atoms with Gasteiger partial charge in [0.1, 0.15) is 0 Å². The summed E-state index contributed by atoms with van der Waals surface area (Å²) in [7, 11) is 0. The maximum absolute atomic E-state index is 12.4. The number of anilines is 1.